The second kappa shape index (κ2) is 3.57. The molecule has 0 bridgehead atoms. The van der Waals surface area contributed by atoms with Crippen molar-refractivity contribution < 1.29 is 8.42 Å². The lowest BCUT2D eigenvalue weighted by atomic mass is 10.3. The maximum atomic E-state index is 11.4. The summed E-state index contributed by atoms with van der Waals surface area (Å²) in [5, 5.41) is 3.81. The van der Waals surface area contributed by atoms with Crippen LogP contribution in [0.3, 0.4) is 0 Å². The second-order valence-corrected chi connectivity index (χ2v) is 6.79. The van der Waals surface area contributed by atoms with Crippen LogP contribution in [0.2, 0.25) is 5.15 Å². The minimum atomic E-state index is -3.96. The Morgan fingerprint density at radius 3 is 2.65 bits per heavy atom. The molecule has 0 atom stereocenters. The molecular weight excluding hydrogens is 285 g/mol. The van der Waals surface area contributed by atoms with Crippen molar-refractivity contribution in [1.29, 1.82) is 0 Å². The number of nitrogens with zero attached hydrogens (tertiary/aromatic N) is 3. The molecule has 8 heteroatoms. The van der Waals surface area contributed by atoms with E-state index in [0.717, 1.165) is 18.5 Å². The van der Waals surface area contributed by atoms with Crippen LogP contribution >= 0.6 is 22.3 Å². The van der Waals surface area contributed by atoms with Crippen molar-refractivity contribution >= 4 is 37.0 Å². The lowest BCUT2D eigenvalue weighted by Crippen LogP contribution is -2.03. The Morgan fingerprint density at radius 1 is 1.35 bits per heavy atom. The predicted molar refractivity (Wildman–Crippen MR) is 63.0 cm³/mol. The molecular formula is C9H7Cl2N3O2S. The fourth-order valence-corrected chi connectivity index (χ4v) is 3.29. The van der Waals surface area contributed by atoms with E-state index in [9.17, 15) is 8.42 Å². The van der Waals surface area contributed by atoms with Crippen LogP contribution in [0, 0.1) is 0 Å². The number of aromatic nitrogens is 3. The van der Waals surface area contributed by atoms with E-state index in [-0.39, 0.29) is 10.2 Å². The normalized spacial score (nSPS) is 16.6. The van der Waals surface area contributed by atoms with E-state index in [1.807, 2.05) is 6.07 Å². The lowest BCUT2D eigenvalue weighted by molar-refractivity contribution is 0.601. The highest BCUT2D eigenvalue weighted by Gasteiger charge is 2.28. The molecule has 1 saturated carbocycles. The third-order valence-electron chi connectivity index (χ3n) is 2.64. The third kappa shape index (κ3) is 1.90. The summed E-state index contributed by atoms with van der Waals surface area (Å²) in [6.07, 6.45) is 2.15. The van der Waals surface area contributed by atoms with Crippen molar-refractivity contribution in [2.24, 2.45) is 0 Å². The standard InChI is InChI=1S/C9H7Cl2N3O2S/c10-8-9(17(11,15)16)14-7(12-8)4-3-6(13-14)5-1-2-5/h3-5H,1-2H2. The van der Waals surface area contributed by atoms with E-state index >= 15 is 0 Å². The van der Waals surface area contributed by atoms with Crippen LogP contribution in [0.4, 0.5) is 0 Å². The highest BCUT2D eigenvalue weighted by atomic mass is 35.7. The molecule has 0 radical (unpaired) electrons. The van der Waals surface area contributed by atoms with Gasteiger partial charge in [-0.05, 0) is 25.0 Å². The van der Waals surface area contributed by atoms with E-state index in [4.69, 9.17) is 22.3 Å². The zero-order valence-electron chi connectivity index (χ0n) is 8.47. The Balaban J connectivity index is 2.32. The molecule has 5 nitrogen and oxygen atoms in total. The van der Waals surface area contributed by atoms with Gasteiger partial charge in [0.15, 0.2) is 10.8 Å². The number of imidazole rings is 1. The average Bonchev–Trinajstić information content (AvgIpc) is 2.98. The fourth-order valence-electron chi connectivity index (χ4n) is 1.70. The molecule has 2 aromatic rings. The van der Waals surface area contributed by atoms with E-state index in [0.29, 0.717) is 11.6 Å². The zero-order chi connectivity index (χ0) is 12.2. The molecule has 0 spiro atoms. The van der Waals surface area contributed by atoms with Gasteiger partial charge in [-0.15, -0.1) is 0 Å². The Morgan fingerprint density at radius 2 is 2.06 bits per heavy atom. The van der Waals surface area contributed by atoms with Crippen molar-refractivity contribution in [1.82, 2.24) is 14.6 Å². The van der Waals surface area contributed by atoms with Crippen LogP contribution in [0.5, 0.6) is 0 Å². The summed E-state index contributed by atoms with van der Waals surface area (Å²) in [6, 6.07) is 3.53. The molecule has 90 valence electrons. The van der Waals surface area contributed by atoms with Gasteiger partial charge in [-0.25, -0.2) is 13.4 Å². The molecule has 0 aromatic carbocycles. The van der Waals surface area contributed by atoms with Crippen molar-refractivity contribution in [2.45, 2.75) is 23.8 Å². The molecule has 1 fully saturated rings. The van der Waals surface area contributed by atoms with Crippen molar-refractivity contribution in [3.63, 3.8) is 0 Å². The van der Waals surface area contributed by atoms with E-state index in [1.54, 1.807) is 6.07 Å². The predicted octanol–water partition coefficient (Wildman–Crippen LogP) is 2.19. The molecule has 17 heavy (non-hydrogen) atoms. The maximum Gasteiger partial charge on any atom is 0.281 e. The van der Waals surface area contributed by atoms with E-state index in [2.05, 4.69) is 10.1 Å². The van der Waals surface area contributed by atoms with Crippen LogP contribution in [0.1, 0.15) is 24.5 Å². The second-order valence-electron chi connectivity index (χ2n) is 3.95. The van der Waals surface area contributed by atoms with Gasteiger partial charge in [-0.1, -0.05) is 11.6 Å². The summed E-state index contributed by atoms with van der Waals surface area (Å²) in [5.74, 6) is 0.409. The van der Waals surface area contributed by atoms with Crippen LogP contribution < -0.4 is 0 Å². The Labute approximate surface area is 107 Å². The molecule has 2 heterocycles. The van der Waals surface area contributed by atoms with Crippen molar-refractivity contribution in [3.05, 3.63) is 23.0 Å². The van der Waals surface area contributed by atoms with Gasteiger partial charge in [-0.3, -0.25) is 0 Å². The summed E-state index contributed by atoms with van der Waals surface area (Å²) in [6.45, 7) is 0. The molecule has 0 unspecified atom stereocenters. The number of rotatable bonds is 2. The topological polar surface area (TPSA) is 64.3 Å². The molecule has 1 aliphatic rings. The number of fused-ring (bicyclic) bond motifs is 1. The summed E-state index contributed by atoms with van der Waals surface area (Å²) >= 11 is 5.76. The first-order chi connectivity index (χ1) is 7.97. The van der Waals surface area contributed by atoms with Gasteiger partial charge in [0.1, 0.15) is 0 Å². The number of hydrogen-bond acceptors (Lipinski definition) is 4. The van der Waals surface area contributed by atoms with Crippen LogP contribution in [0.15, 0.2) is 17.2 Å². The highest BCUT2D eigenvalue weighted by Crippen LogP contribution is 2.39. The SMILES string of the molecule is O=S(=O)(Cl)c1c(Cl)nc2ccc(C3CC3)nn12. The molecule has 0 amide bonds. The van der Waals surface area contributed by atoms with Gasteiger partial charge in [0.2, 0.25) is 5.03 Å². The zero-order valence-corrected chi connectivity index (χ0v) is 10.8. The summed E-state index contributed by atoms with van der Waals surface area (Å²) in [5.41, 5.74) is 1.21. The fraction of sp³-hybridized carbons (Fsp3) is 0.333. The van der Waals surface area contributed by atoms with Crippen LogP contribution in [-0.4, -0.2) is 23.0 Å². The minimum Gasteiger partial charge on any atom is -0.214 e. The molecule has 0 N–H and O–H groups in total. The van der Waals surface area contributed by atoms with Crippen LogP contribution in [0.25, 0.3) is 5.65 Å². The number of hydrogen-bond donors (Lipinski definition) is 0. The van der Waals surface area contributed by atoms with E-state index < -0.39 is 9.05 Å². The first kappa shape index (κ1) is 11.3. The van der Waals surface area contributed by atoms with Gasteiger partial charge in [0.25, 0.3) is 9.05 Å². The first-order valence-electron chi connectivity index (χ1n) is 4.96. The van der Waals surface area contributed by atoms with Gasteiger partial charge in [-0.2, -0.15) is 9.61 Å². The van der Waals surface area contributed by atoms with Gasteiger partial charge in [0.05, 0.1) is 5.69 Å². The third-order valence-corrected chi connectivity index (χ3v) is 4.29. The van der Waals surface area contributed by atoms with Gasteiger partial charge < -0.3 is 0 Å². The minimum absolute atomic E-state index is 0.152. The summed E-state index contributed by atoms with van der Waals surface area (Å²) < 4.78 is 24.0. The summed E-state index contributed by atoms with van der Waals surface area (Å²) in [7, 11) is 1.36. The lowest BCUT2D eigenvalue weighted by Gasteiger charge is -2.00. The smallest absolute Gasteiger partial charge is 0.214 e. The Hall–Kier alpha value is -0.850. The Kier molecular flexibility index (Phi) is 2.36. The maximum absolute atomic E-state index is 11.4. The van der Waals surface area contributed by atoms with Crippen molar-refractivity contribution in [3.8, 4) is 0 Å². The first-order valence-corrected chi connectivity index (χ1v) is 7.65. The molecule has 3 rings (SSSR count). The van der Waals surface area contributed by atoms with Crippen LogP contribution in [-0.2, 0) is 9.05 Å². The number of halogens is 2. The largest absolute Gasteiger partial charge is 0.281 e. The van der Waals surface area contributed by atoms with E-state index in [1.165, 1.54) is 4.52 Å². The molecule has 0 saturated heterocycles. The Bertz CT molecular complexity index is 706. The van der Waals surface area contributed by atoms with Gasteiger partial charge in [0, 0.05) is 16.6 Å². The highest BCUT2D eigenvalue weighted by molar-refractivity contribution is 8.13. The quantitative estimate of drug-likeness (QED) is 0.796. The molecule has 0 aliphatic heterocycles. The monoisotopic (exact) mass is 291 g/mol. The molecule has 1 aliphatic carbocycles. The molecule has 2 aromatic heterocycles. The van der Waals surface area contributed by atoms with Crippen molar-refractivity contribution in [2.75, 3.05) is 0 Å². The summed E-state index contributed by atoms with van der Waals surface area (Å²) in [4.78, 5) is 3.90. The van der Waals surface area contributed by atoms with Gasteiger partial charge >= 0.3 is 0 Å². The average molecular weight is 292 g/mol.